The second-order valence-corrected chi connectivity index (χ2v) is 5.94. The number of ether oxygens (including phenoxy) is 3. The van der Waals surface area contributed by atoms with Gasteiger partial charge in [-0.05, 0) is 55.5 Å². The highest BCUT2D eigenvalue weighted by Gasteiger charge is 2.12. The maximum absolute atomic E-state index is 12.6. The molecule has 0 aliphatic carbocycles. The fraction of sp³-hybridized carbons (Fsp3) is 0.174. The van der Waals surface area contributed by atoms with Gasteiger partial charge in [0.2, 0.25) is 0 Å². The first kappa shape index (κ1) is 19.5. The van der Waals surface area contributed by atoms with Crippen molar-refractivity contribution in [2.45, 2.75) is 6.92 Å². The molecule has 1 N–H and O–H groups in total. The molecule has 0 saturated heterocycles. The van der Waals surface area contributed by atoms with Crippen LogP contribution in [-0.4, -0.2) is 25.7 Å². The lowest BCUT2D eigenvalue weighted by Gasteiger charge is -2.12. The summed E-state index contributed by atoms with van der Waals surface area (Å²) in [6.07, 6.45) is 0. The van der Waals surface area contributed by atoms with Crippen molar-refractivity contribution in [3.63, 3.8) is 0 Å². The molecule has 0 fully saturated rings. The van der Waals surface area contributed by atoms with Gasteiger partial charge < -0.3 is 19.5 Å². The molecule has 0 spiro atoms. The zero-order valence-corrected chi connectivity index (χ0v) is 15.8. The van der Waals surface area contributed by atoms with Gasteiger partial charge in [-0.15, -0.1) is 0 Å². The van der Waals surface area contributed by atoms with Crippen molar-refractivity contribution < 1.29 is 19.0 Å². The van der Waals surface area contributed by atoms with Crippen LogP contribution in [0.2, 0.25) is 0 Å². The molecule has 0 radical (unpaired) electrons. The van der Waals surface area contributed by atoms with Crippen LogP contribution in [-0.2, 0) is 4.74 Å². The Hall–Kier alpha value is -3.31. The van der Waals surface area contributed by atoms with Crippen LogP contribution in [0.4, 0.5) is 5.69 Å². The lowest BCUT2D eigenvalue weighted by molar-refractivity contribution is 0.0998. The predicted octanol–water partition coefficient (Wildman–Crippen LogP) is 5.15. The van der Waals surface area contributed by atoms with Gasteiger partial charge >= 0.3 is 0 Å². The van der Waals surface area contributed by atoms with Gasteiger partial charge in [-0.25, -0.2) is 0 Å². The zero-order valence-electron chi connectivity index (χ0n) is 15.8. The molecule has 3 aromatic rings. The standard InChI is InChI=1S/C23H23NO4/c1-2-26-16-17-27-22-11-7-6-10-21(22)23(25)24-18-12-14-20(15-13-18)28-19-8-4-3-5-9-19/h3-15H,2,16-17H2,1H3,(H,24,25). The summed E-state index contributed by atoms with van der Waals surface area (Å²) in [6.45, 7) is 3.44. The molecule has 144 valence electrons. The normalized spacial score (nSPS) is 10.3. The summed E-state index contributed by atoms with van der Waals surface area (Å²) < 4.78 is 16.7. The molecule has 0 saturated carbocycles. The van der Waals surface area contributed by atoms with Crippen LogP contribution < -0.4 is 14.8 Å². The first-order chi connectivity index (χ1) is 13.8. The molecular weight excluding hydrogens is 354 g/mol. The van der Waals surface area contributed by atoms with Crippen LogP contribution in [0, 0.1) is 0 Å². The van der Waals surface area contributed by atoms with Crippen molar-refractivity contribution in [3.8, 4) is 17.2 Å². The molecule has 28 heavy (non-hydrogen) atoms. The summed E-state index contributed by atoms with van der Waals surface area (Å²) in [5, 5.41) is 2.89. The number of benzene rings is 3. The maximum atomic E-state index is 12.6. The molecule has 0 aliphatic rings. The molecule has 0 atom stereocenters. The lowest BCUT2D eigenvalue weighted by Crippen LogP contribution is -2.15. The smallest absolute Gasteiger partial charge is 0.259 e. The minimum Gasteiger partial charge on any atom is -0.490 e. The van der Waals surface area contributed by atoms with Crippen LogP contribution in [0.3, 0.4) is 0 Å². The predicted molar refractivity (Wildman–Crippen MR) is 109 cm³/mol. The molecular formula is C23H23NO4. The van der Waals surface area contributed by atoms with Crippen LogP contribution in [0.1, 0.15) is 17.3 Å². The van der Waals surface area contributed by atoms with Crippen molar-refractivity contribution in [2.24, 2.45) is 0 Å². The molecule has 1 amide bonds. The van der Waals surface area contributed by atoms with E-state index in [1.807, 2.05) is 55.5 Å². The number of rotatable bonds is 9. The van der Waals surface area contributed by atoms with E-state index in [9.17, 15) is 4.79 Å². The highest BCUT2D eigenvalue weighted by Crippen LogP contribution is 2.24. The summed E-state index contributed by atoms with van der Waals surface area (Å²) in [4.78, 5) is 12.6. The molecule has 3 aromatic carbocycles. The third-order valence-corrected chi connectivity index (χ3v) is 3.91. The minimum absolute atomic E-state index is 0.233. The van der Waals surface area contributed by atoms with Gasteiger partial charge in [0.05, 0.1) is 12.2 Å². The monoisotopic (exact) mass is 377 g/mol. The van der Waals surface area contributed by atoms with Gasteiger partial charge in [-0.3, -0.25) is 4.79 Å². The van der Waals surface area contributed by atoms with Gasteiger partial charge in [0.25, 0.3) is 5.91 Å². The third kappa shape index (κ3) is 5.59. The van der Waals surface area contributed by atoms with E-state index in [1.165, 1.54) is 0 Å². The Labute approximate surface area is 164 Å². The molecule has 3 rings (SSSR count). The Kier molecular flexibility index (Phi) is 7.04. The molecule has 0 aliphatic heterocycles. The molecule has 5 nitrogen and oxygen atoms in total. The van der Waals surface area contributed by atoms with E-state index in [1.54, 1.807) is 30.3 Å². The quantitative estimate of drug-likeness (QED) is 0.524. The van der Waals surface area contributed by atoms with Gasteiger partial charge in [0, 0.05) is 12.3 Å². The zero-order chi connectivity index (χ0) is 19.6. The second kappa shape index (κ2) is 10.1. The van der Waals surface area contributed by atoms with Crippen molar-refractivity contribution in [1.29, 1.82) is 0 Å². The number of carbonyl (C=O) groups is 1. The van der Waals surface area contributed by atoms with Gasteiger partial charge in [0.15, 0.2) is 0 Å². The third-order valence-electron chi connectivity index (χ3n) is 3.91. The molecule has 0 heterocycles. The van der Waals surface area contributed by atoms with E-state index in [0.717, 1.165) is 5.75 Å². The summed E-state index contributed by atoms with van der Waals surface area (Å²) in [6, 6.07) is 23.9. The minimum atomic E-state index is -0.233. The van der Waals surface area contributed by atoms with Crippen molar-refractivity contribution in [2.75, 3.05) is 25.1 Å². The first-order valence-electron chi connectivity index (χ1n) is 9.20. The Morgan fingerprint density at radius 1 is 0.821 bits per heavy atom. The number of carbonyl (C=O) groups excluding carboxylic acids is 1. The highest BCUT2D eigenvalue weighted by atomic mass is 16.5. The summed E-state index contributed by atoms with van der Waals surface area (Å²) in [5.74, 6) is 1.76. The van der Waals surface area contributed by atoms with Crippen LogP contribution in [0.15, 0.2) is 78.9 Å². The van der Waals surface area contributed by atoms with E-state index in [-0.39, 0.29) is 5.91 Å². The van der Waals surface area contributed by atoms with Crippen molar-refractivity contribution in [3.05, 3.63) is 84.4 Å². The largest absolute Gasteiger partial charge is 0.490 e. The number of hydrogen-bond acceptors (Lipinski definition) is 4. The van der Waals surface area contributed by atoms with E-state index in [2.05, 4.69) is 5.32 Å². The van der Waals surface area contributed by atoms with E-state index in [4.69, 9.17) is 14.2 Å². The molecule has 0 unspecified atom stereocenters. The highest BCUT2D eigenvalue weighted by molar-refractivity contribution is 6.06. The van der Waals surface area contributed by atoms with Gasteiger partial charge in [-0.2, -0.15) is 0 Å². The topological polar surface area (TPSA) is 56.8 Å². The van der Waals surface area contributed by atoms with Gasteiger partial charge in [0.1, 0.15) is 23.9 Å². The van der Waals surface area contributed by atoms with Crippen LogP contribution >= 0.6 is 0 Å². The van der Waals surface area contributed by atoms with E-state index >= 15 is 0 Å². The number of nitrogens with one attached hydrogen (secondary N) is 1. The first-order valence-corrected chi connectivity index (χ1v) is 9.20. The van der Waals surface area contributed by atoms with Crippen molar-refractivity contribution in [1.82, 2.24) is 0 Å². The SMILES string of the molecule is CCOCCOc1ccccc1C(=O)Nc1ccc(Oc2ccccc2)cc1. The summed E-state index contributed by atoms with van der Waals surface area (Å²) >= 11 is 0. The number of anilines is 1. The van der Waals surface area contributed by atoms with Crippen molar-refractivity contribution >= 4 is 11.6 Å². The number of amides is 1. The second-order valence-electron chi connectivity index (χ2n) is 5.94. The Morgan fingerprint density at radius 3 is 2.25 bits per heavy atom. The Bertz CT molecular complexity index is 879. The van der Waals surface area contributed by atoms with E-state index in [0.29, 0.717) is 42.6 Å². The van der Waals surface area contributed by atoms with Gasteiger partial charge in [-0.1, -0.05) is 30.3 Å². The average molecular weight is 377 g/mol. The van der Waals surface area contributed by atoms with Crippen LogP contribution in [0.5, 0.6) is 17.2 Å². The van der Waals surface area contributed by atoms with Crippen LogP contribution in [0.25, 0.3) is 0 Å². The summed E-state index contributed by atoms with van der Waals surface area (Å²) in [5.41, 5.74) is 1.15. The average Bonchev–Trinajstić information content (AvgIpc) is 2.74. The summed E-state index contributed by atoms with van der Waals surface area (Å²) in [7, 11) is 0. The Balaban J connectivity index is 1.61. The molecule has 5 heteroatoms. The Morgan fingerprint density at radius 2 is 1.50 bits per heavy atom. The number of para-hydroxylation sites is 2. The number of hydrogen-bond donors (Lipinski definition) is 1. The lowest BCUT2D eigenvalue weighted by atomic mass is 10.2. The van der Waals surface area contributed by atoms with E-state index < -0.39 is 0 Å². The molecule has 0 bridgehead atoms. The fourth-order valence-electron chi connectivity index (χ4n) is 2.56. The maximum Gasteiger partial charge on any atom is 0.259 e. The molecule has 0 aromatic heterocycles. The fourth-order valence-corrected chi connectivity index (χ4v) is 2.56.